The Morgan fingerprint density at radius 1 is 1.19 bits per heavy atom. The van der Waals surface area contributed by atoms with E-state index in [1.165, 1.54) is 26.0 Å². The Labute approximate surface area is 99.4 Å². The number of halogens is 2. The van der Waals surface area contributed by atoms with Gasteiger partial charge in [-0.15, -0.1) is 11.8 Å². The van der Waals surface area contributed by atoms with Crippen molar-refractivity contribution in [2.75, 3.05) is 5.75 Å². The number of nitrogens with two attached hydrogens (primary N) is 1. The van der Waals surface area contributed by atoms with E-state index >= 15 is 0 Å². The van der Waals surface area contributed by atoms with E-state index in [1.54, 1.807) is 23.9 Å². The Bertz CT molecular complexity index is 341. The van der Waals surface area contributed by atoms with Gasteiger partial charge in [-0.2, -0.15) is 8.78 Å². The van der Waals surface area contributed by atoms with Crippen molar-refractivity contribution in [3.8, 4) is 0 Å². The molecule has 0 heterocycles. The van der Waals surface area contributed by atoms with Crippen molar-refractivity contribution in [3.63, 3.8) is 0 Å². The summed E-state index contributed by atoms with van der Waals surface area (Å²) in [6.07, 6.45) is 0. The minimum Gasteiger partial charge on any atom is -0.320 e. The maximum absolute atomic E-state index is 13.8. The van der Waals surface area contributed by atoms with Gasteiger partial charge >= 0.3 is 0 Å². The van der Waals surface area contributed by atoms with Crippen molar-refractivity contribution in [1.29, 1.82) is 0 Å². The number of alkyl halides is 2. The predicted octanol–water partition coefficient (Wildman–Crippen LogP) is 3.63. The van der Waals surface area contributed by atoms with E-state index in [-0.39, 0.29) is 5.56 Å². The lowest BCUT2D eigenvalue weighted by molar-refractivity contribution is -0.0673. The SMILES string of the molecule is CCSc1ccc(C(F)(F)C(C)(C)N)cc1. The van der Waals surface area contributed by atoms with Crippen LogP contribution in [-0.4, -0.2) is 11.3 Å². The molecular weight excluding hydrogens is 228 g/mol. The first-order valence-electron chi connectivity index (χ1n) is 5.19. The van der Waals surface area contributed by atoms with Gasteiger partial charge in [-0.25, -0.2) is 0 Å². The number of benzene rings is 1. The van der Waals surface area contributed by atoms with Gasteiger partial charge in [-0.3, -0.25) is 0 Å². The fourth-order valence-corrected chi connectivity index (χ4v) is 1.96. The normalized spacial score (nSPS) is 12.9. The zero-order valence-corrected chi connectivity index (χ0v) is 10.6. The van der Waals surface area contributed by atoms with Crippen LogP contribution >= 0.6 is 11.8 Å². The number of rotatable bonds is 4. The highest BCUT2D eigenvalue weighted by atomic mass is 32.2. The summed E-state index contributed by atoms with van der Waals surface area (Å²) < 4.78 is 27.7. The molecule has 4 heteroatoms. The van der Waals surface area contributed by atoms with Gasteiger partial charge in [0.05, 0.1) is 5.54 Å². The third-order valence-corrected chi connectivity index (χ3v) is 3.23. The smallest absolute Gasteiger partial charge is 0.290 e. The van der Waals surface area contributed by atoms with Gasteiger partial charge in [0.15, 0.2) is 0 Å². The second kappa shape index (κ2) is 4.72. The van der Waals surface area contributed by atoms with E-state index in [1.807, 2.05) is 6.92 Å². The summed E-state index contributed by atoms with van der Waals surface area (Å²) in [5.41, 5.74) is 3.91. The minimum absolute atomic E-state index is 0.0274. The molecule has 0 aliphatic carbocycles. The molecule has 0 bridgehead atoms. The summed E-state index contributed by atoms with van der Waals surface area (Å²) in [6, 6.07) is 6.32. The molecule has 0 aliphatic heterocycles. The topological polar surface area (TPSA) is 26.0 Å². The summed E-state index contributed by atoms with van der Waals surface area (Å²) in [4.78, 5) is 0.997. The van der Waals surface area contributed by atoms with Crippen molar-refractivity contribution in [2.24, 2.45) is 5.73 Å². The molecule has 0 atom stereocenters. The summed E-state index contributed by atoms with van der Waals surface area (Å²) in [5.74, 6) is -2.08. The average Bonchev–Trinajstić information content (AvgIpc) is 2.17. The molecule has 0 spiro atoms. The van der Waals surface area contributed by atoms with Crippen molar-refractivity contribution in [1.82, 2.24) is 0 Å². The molecule has 1 rings (SSSR count). The maximum Gasteiger partial charge on any atom is 0.290 e. The molecule has 1 nitrogen and oxygen atoms in total. The third kappa shape index (κ3) is 2.74. The van der Waals surface area contributed by atoms with Crippen LogP contribution in [0.15, 0.2) is 29.2 Å². The first kappa shape index (κ1) is 13.5. The molecule has 90 valence electrons. The lowest BCUT2D eigenvalue weighted by Crippen LogP contribution is -2.48. The number of hydrogen-bond donors (Lipinski definition) is 1. The first-order valence-corrected chi connectivity index (χ1v) is 6.17. The van der Waals surface area contributed by atoms with Gasteiger partial charge in [-0.05, 0) is 31.7 Å². The van der Waals surface area contributed by atoms with E-state index in [9.17, 15) is 8.78 Å². The molecule has 0 aliphatic rings. The summed E-state index contributed by atoms with van der Waals surface area (Å²) in [5, 5.41) is 0. The molecule has 0 aromatic heterocycles. The van der Waals surface area contributed by atoms with Crippen LogP contribution in [0.1, 0.15) is 26.3 Å². The fourth-order valence-electron chi connectivity index (χ4n) is 1.30. The van der Waals surface area contributed by atoms with Crippen LogP contribution in [0.3, 0.4) is 0 Å². The van der Waals surface area contributed by atoms with Crippen LogP contribution in [0.5, 0.6) is 0 Å². The molecule has 2 N–H and O–H groups in total. The zero-order valence-electron chi connectivity index (χ0n) is 9.76. The van der Waals surface area contributed by atoms with Gasteiger partial charge in [0.1, 0.15) is 0 Å². The van der Waals surface area contributed by atoms with Crippen molar-refractivity contribution in [3.05, 3.63) is 29.8 Å². The molecule has 0 amide bonds. The quantitative estimate of drug-likeness (QED) is 0.820. The Balaban J connectivity index is 2.97. The van der Waals surface area contributed by atoms with Crippen LogP contribution < -0.4 is 5.73 Å². The van der Waals surface area contributed by atoms with E-state index < -0.39 is 11.5 Å². The monoisotopic (exact) mass is 245 g/mol. The Kier molecular flexibility index (Phi) is 3.97. The van der Waals surface area contributed by atoms with Crippen molar-refractivity contribution < 1.29 is 8.78 Å². The predicted molar refractivity (Wildman–Crippen MR) is 65.0 cm³/mol. The van der Waals surface area contributed by atoms with Crippen LogP contribution in [0.2, 0.25) is 0 Å². The van der Waals surface area contributed by atoms with Gasteiger partial charge in [0, 0.05) is 10.5 Å². The Hall–Kier alpha value is -0.610. The highest BCUT2D eigenvalue weighted by Gasteiger charge is 2.45. The van der Waals surface area contributed by atoms with E-state index in [0.29, 0.717) is 0 Å². The largest absolute Gasteiger partial charge is 0.320 e. The molecule has 16 heavy (non-hydrogen) atoms. The molecule has 1 aromatic carbocycles. The lowest BCUT2D eigenvalue weighted by Gasteiger charge is -2.30. The van der Waals surface area contributed by atoms with Gasteiger partial charge in [-0.1, -0.05) is 19.1 Å². The van der Waals surface area contributed by atoms with Crippen LogP contribution in [0, 0.1) is 0 Å². The molecule has 0 unspecified atom stereocenters. The highest BCUT2D eigenvalue weighted by molar-refractivity contribution is 7.99. The highest BCUT2D eigenvalue weighted by Crippen LogP contribution is 2.37. The standard InChI is InChI=1S/C12H17F2NS/c1-4-16-10-7-5-9(6-8-10)12(13,14)11(2,3)15/h5-8H,4,15H2,1-3H3. The molecule has 0 fully saturated rings. The minimum atomic E-state index is -3.01. The van der Waals surface area contributed by atoms with E-state index in [4.69, 9.17) is 5.73 Å². The molecule has 1 aromatic rings. The van der Waals surface area contributed by atoms with Crippen LogP contribution in [0.25, 0.3) is 0 Å². The Morgan fingerprint density at radius 2 is 1.69 bits per heavy atom. The zero-order chi connectivity index (χ0) is 12.4. The summed E-state index contributed by atoms with van der Waals surface area (Å²) in [6.45, 7) is 4.69. The van der Waals surface area contributed by atoms with Crippen LogP contribution in [0.4, 0.5) is 8.78 Å². The molecule has 0 radical (unpaired) electrons. The lowest BCUT2D eigenvalue weighted by atomic mass is 9.91. The Morgan fingerprint density at radius 3 is 2.06 bits per heavy atom. The average molecular weight is 245 g/mol. The van der Waals surface area contributed by atoms with Gasteiger partial charge in [0.2, 0.25) is 0 Å². The van der Waals surface area contributed by atoms with Gasteiger partial charge < -0.3 is 5.73 Å². The second-order valence-corrected chi connectivity index (χ2v) is 5.59. The second-order valence-electron chi connectivity index (χ2n) is 4.25. The number of hydrogen-bond acceptors (Lipinski definition) is 2. The van der Waals surface area contributed by atoms with Crippen molar-refractivity contribution in [2.45, 2.75) is 37.1 Å². The summed E-state index contributed by atoms with van der Waals surface area (Å²) >= 11 is 1.63. The maximum atomic E-state index is 13.8. The molecular formula is C12H17F2NS. The van der Waals surface area contributed by atoms with Crippen molar-refractivity contribution >= 4 is 11.8 Å². The van der Waals surface area contributed by atoms with Crippen LogP contribution in [-0.2, 0) is 5.92 Å². The van der Waals surface area contributed by atoms with E-state index in [2.05, 4.69) is 0 Å². The first-order chi connectivity index (χ1) is 7.29. The van der Waals surface area contributed by atoms with E-state index in [0.717, 1.165) is 10.6 Å². The number of thioether (sulfide) groups is 1. The third-order valence-electron chi connectivity index (χ3n) is 2.34. The molecule has 0 saturated carbocycles. The summed E-state index contributed by atoms with van der Waals surface area (Å²) in [7, 11) is 0. The fraction of sp³-hybridized carbons (Fsp3) is 0.500. The van der Waals surface area contributed by atoms with Gasteiger partial charge in [0.25, 0.3) is 5.92 Å². The molecule has 0 saturated heterocycles.